The Morgan fingerprint density at radius 3 is 2.37 bits per heavy atom. The number of benzene rings is 2. The molecule has 2 aromatic rings. The minimum absolute atomic E-state index is 0.0298. The summed E-state index contributed by atoms with van der Waals surface area (Å²) in [4.78, 5) is 25.6. The predicted molar refractivity (Wildman–Crippen MR) is 129 cm³/mol. The van der Waals surface area contributed by atoms with Crippen LogP contribution in [0.2, 0.25) is 0 Å². The number of ether oxygens (including phenoxy) is 3. The maximum atomic E-state index is 15.3. The van der Waals surface area contributed by atoms with Gasteiger partial charge in [-0.1, -0.05) is 20.8 Å². The van der Waals surface area contributed by atoms with E-state index in [2.05, 4.69) is 0 Å². The number of nitrogens with zero attached hydrogens (tertiary/aromatic N) is 1. The van der Waals surface area contributed by atoms with Crippen LogP contribution < -0.4 is 14.2 Å². The lowest BCUT2D eigenvalue weighted by molar-refractivity contribution is -0.139. The maximum Gasteiger partial charge on any atom is 0.341 e. The number of hydrogen-bond acceptors (Lipinski definition) is 6. The van der Waals surface area contributed by atoms with Crippen molar-refractivity contribution in [3.8, 4) is 17.2 Å². The van der Waals surface area contributed by atoms with E-state index in [1.54, 1.807) is 38.1 Å². The summed E-state index contributed by atoms with van der Waals surface area (Å²) in [6, 6.07) is 6.51. The molecule has 0 spiro atoms. The average molecular weight is 487 g/mol. The van der Waals surface area contributed by atoms with Crippen molar-refractivity contribution >= 4 is 17.6 Å². The largest absolute Gasteiger partial charge is 0.490 e. The monoisotopic (exact) mass is 486 g/mol. The summed E-state index contributed by atoms with van der Waals surface area (Å²) in [5.74, 6) is -1.46. The van der Waals surface area contributed by atoms with Crippen molar-refractivity contribution in [1.29, 1.82) is 5.41 Å². The van der Waals surface area contributed by atoms with E-state index in [9.17, 15) is 9.59 Å². The molecule has 1 aliphatic rings. The van der Waals surface area contributed by atoms with Crippen LogP contribution in [-0.4, -0.2) is 54.0 Å². The van der Waals surface area contributed by atoms with E-state index in [1.165, 1.54) is 4.90 Å². The molecule has 2 aromatic carbocycles. The van der Waals surface area contributed by atoms with E-state index in [1.807, 2.05) is 20.8 Å². The van der Waals surface area contributed by atoms with Gasteiger partial charge in [0.25, 0.3) is 0 Å². The summed E-state index contributed by atoms with van der Waals surface area (Å²) in [5.41, 5.74) is 1.34. The number of nitrogens with one attached hydrogen (secondary N) is 1. The number of hydrogen-bond donors (Lipinski definition) is 2. The summed E-state index contributed by atoms with van der Waals surface area (Å²) in [6.45, 7) is 9.49. The fourth-order valence-corrected chi connectivity index (χ4v) is 3.98. The van der Waals surface area contributed by atoms with Crippen LogP contribution in [0.1, 0.15) is 61.7 Å². The molecular formula is C26H31FN2O6. The number of carboxylic acids is 1. The summed E-state index contributed by atoms with van der Waals surface area (Å²) >= 11 is 0. The van der Waals surface area contributed by atoms with Gasteiger partial charge in [-0.2, -0.15) is 0 Å². The molecule has 0 fully saturated rings. The van der Waals surface area contributed by atoms with E-state index < -0.39 is 23.8 Å². The minimum atomic E-state index is -1.09. The van der Waals surface area contributed by atoms with Crippen LogP contribution in [-0.2, 0) is 16.8 Å². The number of carbonyl (C=O) groups excluding carboxylic acids is 1. The number of rotatable bonds is 10. The van der Waals surface area contributed by atoms with Crippen LogP contribution in [0.3, 0.4) is 0 Å². The topological polar surface area (TPSA) is 109 Å². The number of carbonyl (C=O) groups is 2. The number of halogens is 1. The Bertz CT molecular complexity index is 1160. The maximum absolute atomic E-state index is 15.3. The van der Waals surface area contributed by atoms with E-state index >= 15 is 4.39 Å². The molecule has 0 atom stereocenters. The van der Waals surface area contributed by atoms with E-state index in [0.29, 0.717) is 29.0 Å². The summed E-state index contributed by atoms with van der Waals surface area (Å²) in [7, 11) is 0. The van der Waals surface area contributed by atoms with Gasteiger partial charge < -0.3 is 24.2 Å². The fraction of sp³-hybridized carbons (Fsp3) is 0.423. The lowest BCUT2D eigenvalue weighted by atomic mass is 9.85. The molecule has 2 N–H and O–H groups in total. The van der Waals surface area contributed by atoms with Crippen LogP contribution >= 0.6 is 0 Å². The second kappa shape index (κ2) is 10.3. The van der Waals surface area contributed by atoms with Crippen LogP contribution in [0, 0.1) is 11.2 Å². The highest BCUT2D eigenvalue weighted by molar-refractivity contribution is 6.06. The Balaban J connectivity index is 1.86. The molecule has 3 rings (SSSR count). The molecule has 0 radical (unpaired) electrons. The van der Waals surface area contributed by atoms with Crippen molar-refractivity contribution < 1.29 is 33.3 Å². The van der Waals surface area contributed by atoms with Crippen LogP contribution in [0.25, 0.3) is 0 Å². The minimum Gasteiger partial charge on any atom is -0.490 e. The van der Waals surface area contributed by atoms with Crippen molar-refractivity contribution in [2.45, 2.75) is 46.6 Å². The molecule has 0 saturated heterocycles. The zero-order valence-electron chi connectivity index (χ0n) is 20.7. The van der Waals surface area contributed by atoms with E-state index in [-0.39, 0.29) is 48.4 Å². The third-order valence-electron chi connectivity index (χ3n) is 5.57. The van der Waals surface area contributed by atoms with Crippen molar-refractivity contribution in [2.24, 2.45) is 0 Å². The summed E-state index contributed by atoms with van der Waals surface area (Å²) < 4.78 is 31.7. The molecular weight excluding hydrogens is 455 g/mol. The van der Waals surface area contributed by atoms with Gasteiger partial charge in [-0.15, -0.1) is 0 Å². The van der Waals surface area contributed by atoms with Gasteiger partial charge in [-0.3, -0.25) is 10.2 Å². The second-order valence-electron chi connectivity index (χ2n) is 9.19. The standard InChI is InChI=1S/C26H31FN2O6/c1-6-33-20-11-16-12-29(25(28)22(16)23(27)24(20)34-7-2)13-18(30)15-8-9-19(35-14-21(31)32)17(10-15)26(3,4)5/h8-11,28H,6-7,12-14H2,1-5H3,(H,31,32). The van der Waals surface area contributed by atoms with Crippen LogP contribution in [0.5, 0.6) is 17.2 Å². The zero-order chi connectivity index (χ0) is 25.9. The molecule has 1 aliphatic heterocycles. The number of carboxylic acid groups (broad SMARTS) is 1. The number of aliphatic carboxylic acids is 1. The Morgan fingerprint density at radius 1 is 1.09 bits per heavy atom. The molecule has 1 heterocycles. The molecule has 8 nitrogen and oxygen atoms in total. The fourth-order valence-electron chi connectivity index (χ4n) is 3.98. The first-order valence-corrected chi connectivity index (χ1v) is 11.4. The van der Waals surface area contributed by atoms with Crippen molar-refractivity contribution in [1.82, 2.24) is 4.90 Å². The molecule has 9 heteroatoms. The lowest BCUT2D eigenvalue weighted by Gasteiger charge is -2.24. The molecule has 0 aliphatic carbocycles. The quantitative estimate of drug-likeness (QED) is 0.479. The third kappa shape index (κ3) is 5.55. The van der Waals surface area contributed by atoms with E-state index in [4.69, 9.17) is 24.7 Å². The van der Waals surface area contributed by atoms with Crippen LogP contribution in [0.15, 0.2) is 24.3 Å². The number of amidine groups is 1. The molecule has 0 amide bonds. The Morgan fingerprint density at radius 2 is 1.77 bits per heavy atom. The highest BCUT2D eigenvalue weighted by Gasteiger charge is 2.33. The van der Waals surface area contributed by atoms with E-state index in [0.717, 1.165) is 0 Å². The molecule has 0 bridgehead atoms. The first-order chi connectivity index (χ1) is 16.5. The normalized spacial score (nSPS) is 13.0. The predicted octanol–water partition coefficient (Wildman–Crippen LogP) is 4.41. The third-order valence-corrected chi connectivity index (χ3v) is 5.57. The Kier molecular flexibility index (Phi) is 7.67. The SMILES string of the molecule is CCOc1cc2c(c(F)c1OCC)C(=N)N(CC(=O)c1ccc(OCC(=O)O)c(C(C)(C)C)c1)C2. The summed E-state index contributed by atoms with van der Waals surface area (Å²) in [6.07, 6.45) is 0. The van der Waals surface area contributed by atoms with Gasteiger partial charge in [0.2, 0.25) is 0 Å². The van der Waals surface area contributed by atoms with Crippen LogP contribution in [0.4, 0.5) is 4.39 Å². The molecule has 0 saturated carbocycles. The van der Waals surface area contributed by atoms with Gasteiger partial charge in [0.1, 0.15) is 11.6 Å². The van der Waals surface area contributed by atoms with Crippen molar-refractivity contribution in [2.75, 3.05) is 26.4 Å². The number of Topliss-reactive ketones (excluding diaryl/α,β-unsaturated/α-hetero) is 1. The van der Waals surface area contributed by atoms with Crippen molar-refractivity contribution in [3.05, 3.63) is 52.3 Å². The first kappa shape index (κ1) is 26.0. The molecule has 35 heavy (non-hydrogen) atoms. The van der Waals surface area contributed by atoms with Gasteiger partial charge >= 0.3 is 5.97 Å². The smallest absolute Gasteiger partial charge is 0.341 e. The molecule has 0 aromatic heterocycles. The lowest BCUT2D eigenvalue weighted by Crippen LogP contribution is -2.30. The Hall–Kier alpha value is -3.62. The number of fused-ring (bicyclic) bond motifs is 1. The highest BCUT2D eigenvalue weighted by Crippen LogP contribution is 2.39. The first-order valence-electron chi connectivity index (χ1n) is 11.4. The zero-order valence-corrected chi connectivity index (χ0v) is 20.7. The van der Waals surface area contributed by atoms with Gasteiger partial charge in [0, 0.05) is 17.7 Å². The number of ketones is 1. The van der Waals surface area contributed by atoms with Gasteiger partial charge in [-0.05, 0) is 49.1 Å². The summed E-state index contributed by atoms with van der Waals surface area (Å²) in [5, 5.41) is 17.5. The Labute approximate surface area is 204 Å². The van der Waals surface area contributed by atoms with Gasteiger partial charge in [0.15, 0.2) is 29.7 Å². The molecule has 0 unspecified atom stereocenters. The highest BCUT2D eigenvalue weighted by atomic mass is 19.1. The van der Waals surface area contributed by atoms with Gasteiger partial charge in [0.05, 0.1) is 25.3 Å². The second-order valence-corrected chi connectivity index (χ2v) is 9.19. The molecule has 188 valence electrons. The average Bonchev–Trinajstić information content (AvgIpc) is 3.09. The van der Waals surface area contributed by atoms with Crippen molar-refractivity contribution in [3.63, 3.8) is 0 Å². The van der Waals surface area contributed by atoms with Gasteiger partial charge in [-0.25, -0.2) is 9.18 Å².